The molecule has 1 aromatic heterocycles. The third-order valence-corrected chi connectivity index (χ3v) is 4.33. The third kappa shape index (κ3) is 4.25. The summed E-state index contributed by atoms with van der Waals surface area (Å²) in [5.74, 6) is 0.366. The van der Waals surface area contributed by atoms with E-state index in [1.165, 1.54) is 17.3 Å². The number of carbonyl (C=O) groups is 1. The Morgan fingerprint density at radius 1 is 0.962 bits per heavy atom. The first-order valence-electron chi connectivity index (χ1n) is 8.52. The highest BCUT2D eigenvalue weighted by Crippen LogP contribution is 2.21. The van der Waals surface area contributed by atoms with Gasteiger partial charge >= 0.3 is 0 Å². The molecule has 0 fully saturated rings. The number of aromatic nitrogens is 2. The summed E-state index contributed by atoms with van der Waals surface area (Å²) in [7, 11) is 0. The Morgan fingerprint density at radius 3 is 2.42 bits per heavy atom. The molecular weight excluding hydrogens is 324 g/mol. The lowest BCUT2D eigenvalue weighted by atomic mass is 10.1. The van der Waals surface area contributed by atoms with Crippen LogP contribution in [0.1, 0.15) is 32.7 Å². The number of aryl methyl sites for hydroxylation is 2. The molecule has 5 heteroatoms. The predicted octanol–water partition coefficient (Wildman–Crippen LogP) is 4.08. The van der Waals surface area contributed by atoms with Crippen LogP contribution in [0.15, 0.2) is 54.9 Å². The van der Waals surface area contributed by atoms with Crippen LogP contribution in [0, 0.1) is 20.8 Å². The van der Waals surface area contributed by atoms with E-state index in [-0.39, 0.29) is 5.91 Å². The van der Waals surface area contributed by atoms with Gasteiger partial charge in [-0.3, -0.25) is 4.79 Å². The highest BCUT2D eigenvalue weighted by Gasteiger charge is 2.08. The third-order valence-electron chi connectivity index (χ3n) is 4.33. The van der Waals surface area contributed by atoms with Gasteiger partial charge < -0.3 is 10.6 Å². The molecule has 0 atom stereocenters. The standard InChI is InChI=1S/C21H22N4O/c1-14-7-9-17(10-8-14)11-24-21(26)19-12-23-20(13-22-19)25-18-6-4-5-15(2)16(18)3/h4-10,12-13H,11H2,1-3H3,(H,23,25)(H,24,26). The lowest BCUT2D eigenvalue weighted by Gasteiger charge is -2.11. The van der Waals surface area contributed by atoms with Crippen molar-refractivity contribution in [3.8, 4) is 0 Å². The minimum atomic E-state index is -0.239. The summed E-state index contributed by atoms with van der Waals surface area (Å²) in [5.41, 5.74) is 5.88. The summed E-state index contributed by atoms with van der Waals surface area (Å²) in [6.07, 6.45) is 3.06. The quantitative estimate of drug-likeness (QED) is 0.731. The van der Waals surface area contributed by atoms with Crippen molar-refractivity contribution in [1.82, 2.24) is 15.3 Å². The highest BCUT2D eigenvalue weighted by atomic mass is 16.1. The molecule has 2 N–H and O–H groups in total. The summed E-state index contributed by atoms with van der Waals surface area (Å²) in [4.78, 5) is 20.7. The van der Waals surface area contributed by atoms with Crippen LogP contribution in [-0.2, 0) is 6.54 Å². The van der Waals surface area contributed by atoms with Crippen LogP contribution in [0.5, 0.6) is 0 Å². The number of nitrogens with zero attached hydrogens (tertiary/aromatic N) is 2. The zero-order valence-corrected chi connectivity index (χ0v) is 15.2. The Bertz CT molecular complexity index is 902. The normalized spacial score (nSPS) is 10.4. The largest absolute Gasteiger partial charge is 0.347 e. The van der Waals surface area contributed by atoms with Gasteiger partial charge in [0.15, 0.2) is 0 Å². The maximum atomic E-state index is 12.2. The monoisotopic (exact) mass is 346 g/mol. The second-order valence-corrected chi connectivity index (χ2v) is 6.33. The number of anilines is 2. The van der Waals surface area contributed by atoms with Crippen LogP contribution in [0.25, 0.3) is 0 Å². The second-order valence-electron chi connectivity index (χ2n) is 6.33. The lowest BCUT2D eigenvalue weighted by molar-refractivity contribution is 0.0945. The molecule has 0 aliphatic rings. The second kappa shape index (κ2) is 7.78. The first-order valence-corrected chi connectivity index (χ1v) is 8.52. The van der Waals surface area contributed by atoms with Crippen molar-refractivity contribution >= 4 is 17.4 Å². The summed E-state index contributed by atoms with van der Waals surface area (Å²) in [6, 6.07) is 14.1. The molecule has 26 heavy (non-hydrogen) atoms. The Morgan fingerprint density at radius 2 is 1.73 bits per heavy atom. The van der Waals surface area contributed by atoms with E-state index in [1.54, 1.807) is 6.20 Å². The van der Waals surface area contributed by atoms with Gasteiger partial charge in [-0.05, 0) is 43.5 Å². The van der Waals surface area contributed by atoms with E-state index in [2.05, 4.69) is 40.5 Å². The van der Waals surface area contributed by atoms with Gasteiger partial charge in [-0.2, -0.15) is 0 Å². The number of hydrogen-bond acceptors (Lipinski definition) is 4. The minimum absolute atomic E-state index is 0.239. The van der Waals surface area contributed by atoms with E-state index >= 15 is 0 Å². The van der Waals surface area contributed by atoms with Gasteiger partial charge in [-0.1, -0.05) is 42.0 Å². The SMILES string of the molecule is Cc1ccc(CNC(=O)c2cnc(Nc3cccc(C)c3C)cn2)cc1. The zero-order valence-electron chi connectivity index (χ0n) is 15.2. The first-order chi connectivity index (χ1) is 12.5. The van der Waals surface area contributed by atoms with E-state index in [9.17, 15) is 4.79 Å². The Balaban J connectivity index is 1.62. The van der Waals surface area contributed by atoms with Gasteiger partial charge in [-0.15, -0.1) is 0 Å². The average Bonchev–Trinajstić information content (AvgIpc) is 2.65. The Kier molecular flexibility index (Phi) is 5.27. The fourth-order valence-corrected chi connectivity index (χ4v) is 2.51. The molecule has 0 aliphatic carbocycles. The first kappa shape index (κ1) is 17.6. The molecule has 3 aromatic rings. The number of benzene rings is 2. The molecular formula is C21H22N4O. The van der Waals surface area contributed by atoms with Crippen molar-refractivity contribution in [2.45, 2.75) is 27.3 Å². The Hall–Kier alpha value is -3.21. The van der Waals surface area contributed by atoms with Crippen LogP contribution in [0.4, 0.5) is 11.5 Å². The number of rotatable bonds is 5. The van der Waals surface area contributed by atoms with Crippen LogP contribution >= 0.6 is 0 Å². The van der Waals surface area contributed by atoms with Crippen molar-refractivity contribution in [3.63, 3.8) is 0 Å². The maximum absolute atomic E-state index is 12.2. The Labute approximate surface area is 153 Å². The van der Waals surface area contributed by atoms with Crippen LogP contribution in [0.3, 0.4) is 0 Å². The molecule has 0 saturated heterocycles. The van der Waals surface area contributed by atoms with E-state index in [1.807, 2.05) is 43.3 Å². The lowest BCUT2D eigenvalue weighted by Crippen LogP contribution is -2.24. The van der Waals surface area contributed by atoms with Crippen LogP contribution < -0.4 is 10.6 Å². The van der Waals surface area contributed by atoms with E-state index in [0.717, 1.165) is 16.8 Å². The van der Waals surface area contributed by atoms with Crippen molar-refractivity contribution in [2.75, 3.05) is 5.32 Å². The van der Waals surface area contributed by atoms with Crippen LogP contribution in [-0.4, -0.2) is 15.9 Å². The van der Waals surface area contributed by atoms with Gasteiger partial charge in [0.1, 0.15) is 11.5 Å². The summed E-state index contributed by atoms with van der Waals surface area (Å²) in [5, 5.41) is 6.10. The molecule has 0 spiro atoms. The van der Waals surface area contributed by atoms with Gasteiger partial charge in [0.25, 0.3) is 5.91 Å². The van der Waals surface area contributed by atoms with E-state index in [0.29, 0.717) is 18.1 Å². The maximum Gasteiger partial charge on any atom is 0.271 e. The number of amides is 1. The van der Waals surface area contributed by atoms with Gasteiger partial charge in [0, 0.05) is 12.2 Å². The minimum Gasteiger partial charge on any atom is -0.347 e. The molecule has 0 bridgehead atoms. The predicted molar refractivity (Wildman–Crippen MR) is 104 cm³/mol. The molecule has 3 rings (SSSR count). The molecule has 1 heterocycles. The molecule has 0 radical (unpaired) electrons. The highest BCUT2D eigenvalue weighted by molar-refractivity contribution is 5.92. The molecule has 0 unspecified atom stereocenters. The van der Waals surface area contributed by atoms with E-state index < -0.39 is 0 Å². The average molecular weight is 346 g/mol. The summed E-state index contributed by atoms with van der Waals surface area (Å²) >= 11 is 0. The van der Waals surface area contributed by atoms with Gasteiger partial charge in [0.2, 0.25) is 0 Å². The fourth-order valence-electron chi connectivity index (χ4n) is 2.51. The van der Waals surface area contributed by atoms with E-state index in [4.69, 9.17) is 0 Å². The van der Waals surface area contributed by atoms with Crippen molar-refractivity contribution < 1.29 is 4.79 Å². The van der Waals surface area contributed by atoms with Crippen molar-refractivity contribution in [2.24, 2.45) is 0 Å². The number of carbonyl (C=O) groups excluding carboxylic acids is 1. The van der Waals surface area contributed by atoms with Crippen LogP contribution in [0.2, 0.25) is 0 Å². The molecule has 132 valence electrons. The van der Waals surface area contributed by atoms with Gasteiger partial charge in [-0.25, -0.2) is 9.97 Å². The zero-order chi connectivity index (χ0) is 18.5. The summed E-state index contributed by atoms with van der Waals surface area (Å²) < 4.78 is 0. The number of hydrogen-bond donors (Lipinski definition) is 2. The molecule has 0 saturated carbocycles. The fraction of sp³-hybridized carbons (Fsp3) is 0.190. The van der Waals surface area contributed by atoms with Crippen molar-refractivity contribution in [3.05, 3.63) is 82.8 Å². The van der Waals surface area contributed by atoms with Crippen molar-refractivity contribution in [1.29, 1.82) is 0 Å². The molecule has 0 aliphatic heterocycles. The smallest absolute Gasteiger partial charge is 0.271 e. The molecule has 2 aromatic carbocycles. The molecule has 1 amide bonds. The summed E-state index contributed by atoms with van der Waals surface area (Å²) in [6.45, 7) is 6.61. The van der Waals surface area contributed by atoms with Gasteiger partial charge in [0.05, 0.1) is 12.4 Å². The molecule has 5 nitrogen and oxygen atoms in total. The number of nitrogens with one attached hydrogen (secondary N) is 2. The topological polar surface area (TPSA) is 66.9 Å².